The summed E-state index contributed by atoms with van der Waals surface area (Å²) in [5, 5.41) is 3.80. The largest absolute Gasteiger partial charge is 0.313 e. The molecule has 0 radical (unpaired) electrons. The van der Waals surface area contributed by atoms with Gasteiger partial charge in [-0.2, -0.15) is 0 Å². The van der Waals surface area contributed by atoms with Crippen molar-refractivity contribution in [2.24, 2.45) is 17.3 Å². The van der Waals surface area contributed by atoms with Crippen molar-refractivity contribution in [3.8, 4) is 0 Å². The molecular formula is C15H31N. The van der Waals surface area contributed by atoms with Crippen LogP contribution in [0.3, 0.4) is 0 Å². The van der Waals surface area contributed by atoms with E-state index in [0.29, 0.717) is 11.5 Å². The van der Waals surface area contributed by atoms with E-state index in [9.17, 15) is 0 Å². The number of hydrogen-bond acceptors (Lipinski definition) is 1. The Morgan fingerprint density at radius 1 is 1.25 bits per heavy atom. The maximum atomic E-state index is 3.80. The van der Waals surface area contributed by atoms with E-state index in [0.717, 1.165) is 11.8 Å². The molecule has 1 nitrogen and oxygen atoms in total. The lowest BCUT2D eigenvalue weighted by molar-refractivity contribution is 0.137. The van der Waals surface area contributed by atoms with Crippen LogP contribution in [-0.4, -0.2) is 12.6 Å². The van der Waals surface area contributed by atoms with Crippen molar-refractivity contribution in [2.75, 3.05) is 6.54 Å². The number of rotatable bonds is 4. The molecule has 0 aromatic carbocycles. The van der Waals surface area contributed by atoms with E-state index < -0.39 is 0 Å². The van der Waals surface area contributed by atoms with Crippen LogP contribution >= 0.6 is 0 Å². The van der Waals surface area contributed by atoms with Gasteiger partial charge in [-0.1, -0.05) is 47.5 Å². The van der Waals surface area contributed by atoms with Crippen molar-refractivity contribution < 1.29 is 0 Å². The van der Waals surface area contributed by atoms with Gasteiger partial charge in [-0.15, -0.1) is 0 Å². The Morgan fingerprint density at radius 2 is 1.94 bits per heavy atom. The van der Waals surface area contributed by atoms with E-state index in [1.807, 2.05) is 0 Å². The fourth-order valence-electron chi connectivity index (χ4n) is 3.26. The molecule has 1 aliphatic carbocycles. The maximum absolute atomic E-state index is 3.80. The summed E-state index contributed by atoms with van der Waals surface area (Å²) in [6.45, 7) is 13.0. The molecule has 1 aliphatic rings. The highest BCUT2D eigenvalue weighted by molar-refractivity contribution is 4.89. The van der Waals surface area contributed by atoms with Crippen molar-refractivity contribution >= 4 is 0 Å². The molecule has 0 aliphatic heterocycles. The molecular weight excluding hydrogens is 194 g/mol. The van der Waals surface area contributed by atoms with Gasteiger partial charge in [-0.3, -0.25) is 0 Å². The summed E-state index contributed by atoms with van der Waals surface area (Å²) >= 11 is 0. The summed E-state index contributed by atoms with van der Waals surface area (Å²) in [7, 11) is 0. The lowest BCUT2D eigenvalue weighted by atomic mass is 9.70. The van der Waals surface area contributed by atoms with Gasteiger partial charge in [-0.25, -0.2) is 0 Å². The summed E-state index contributed by atoms with van der Waals surface area (Å²) in [6.07, 6.45) is 6.99. The Bertz CT molecular complexity index is 192. The first kappa shape index (κ1) is 14.0. The molecule has 0 bridgehead atoms. The molecule has 0 heterocycles. The van der Waals surface area contributed by atoms with Crippen LogP contribution in [-0.2, 0) is 0 Å². The molecule has 1 N–H and O–H groups in total. The SMILES string of the molecule is CCCNC(C1CCCC(C)C1)C(C)(C)C. The zero-order chi connectivity index (χ0) is 12.2. The second-order valence-electron chi connectivity index (χ2n) is 6.83. The highest BCUT2D eigenvalue weighted by atomic mass is 14.9. The van der Waals surface area contributed by atoms with Gasteiger partial charge in [-0.05, 0) is 43.1 Å². The Balaban J connectivity index is 2.60. The van der Waals surface area contributed by atoms with Gasteiger partial charge in [0.15, 0.2) is 0 Å². The lowest BCUT2D eigenvalue weighted by Crippen LogP contribution is -2.47. The molecule has 16 heavy (non-hydrogen) atoms. The predicted octanol–water partition coefficient (Wildman–Crippen LogP) is 4.23. The third-order valence-corrected chi connectivity index (χ3v) is 4.00. The fraction of sp³-hybridized carbons (Fsp3) is 1.00. The van der Waals surface area contributed by atoms with Gasteiger partial charge < -0.3 is 5.32 Å². The van der Waals surface area contributed by atoms with Gasteiger partial charge >= 0.3 is 0 Å². The van der Waals surface area contributed by atoms with Crippen molar-refractivity contribution in [3.05, 3.63) is 0 Å². The molecule has 1 fully saturated rings. The Morgan fingerprint density at radius 3 is 2.44 bits per heavy atom. The van der Waals surface area contributed by atoms with Crippen LogP contribution in [0.4, 0.5) is 0 Å². The highest BCUT2D eigenvalue weighted by Gasteiger charge is 2.33. The van der Waals surface area contributed by atoms with Crippen LogP contribution < -0.4 is 5.32 Å². The van der Waals surface area contributed by atoms with Gasteiger partial charge in [0, 0.05) is 6.04 Å². The van der Waals surface area contributed by atoms with Gasteiger partial charge in [0.1, 0.15) is 0 Å². The van der Waals surface area contributed by atoms with E-state index in [2.05, 4.69) is 39.9 Å². The second kappa shape index (κ2) is 6.05. The topological polar surface area (TPSA) is 12.0 Å². The second-order valence-corrected chi connectivity index (χ2v) is 6.83. The molecule has 0 aromatic heterocycles. The van der Waals surface area contributed by atoms with Gasteiger partial charge in [0.05, 0.1) is 0 Å². The molecule has 0 spiro atoms. The Kier molecular flexibility index (Phi) is 5.30. The predicted molar refractivity (Wildman–Crippen MR) is 72.7 cm³/mol. The first-order valence-electron chi connectivity index (χ1n) is 7.18. The molecule has 1 saturated carbocycles. The van der Waals surface area contributed by atoms with E-state index in [1.165, 1.54) is 38.6 Å². The minimum absolute atomic E-state index is 0.400. The van der Waals surface area contributed by atoms with Crippen LogP contribution in [0.25, 0.3) is 0 Å². The minimum Gasteiger partial charge on any atom is -0.313 e. The quantitative estimate of drug-likeness (QED) is 0.755. The molecule has 3 unspecified atom stereocenters. The van der Waals surface area contributed by atoms with Crippen LogP contribution in [0.2, 0.25) is 0 Å². The lowest BCUT2D eigenvalue weighted by Gasteiger charge is -2.41. The van der Waals surface area contributed by atoms with Crippen LogP contribution in [0.5, 0.6) is 0 Å². The molecule has 96 valence electrons. The first-order chi connectivity index (χ1) is 7.45. The number of nitrogens with one attached hydrogen (secondary N) is 1. The van der Waals surface area contributed by atoms with Crippen LogP contribution in [0, 0.1) is 17.3 Å². The van der Waals surface area contributed by atoms with E-state index >= 15 is 0 Å². The average Bonchev–Trinajstić information content (AvgIpc) is 2.16. The van der Waals surface area contributed by atoms with Crippen molar-refractivity contribution in [1.82, 2.24) is 5.32 Å². The van der Waals surface area contributed by atoms with Crippen LogP contribution in [0.1, 0.15) is 66.7 Å². The summed E-state index contributed by atoms with van der Waals surface area (Å²) in [4.78, 5) is 0. The zero-order valence-electron chi connectivity index (χ0n) is 12.0. The summed E-state index contributed by atoms with van der Waals surface area (Å²) in [5.41, 5.74) is 0.400. The molecule has 0 aromatic rings. The van der Waals surface area contributed by atoms with Crippen LogP contribution in [0.15, 0.2) is 0 Å². The number of hydrogen-bond donors (Lipinski definition) is 1. The summed E-state index contributed by atoms with van der Waals surface area (Å²) < 4.78 is 0. The third kappa shape index (κ3) is 4.08. The first-order valence-corrected chi connectivity index (χ1v) is 7.18. The van der Waals surface area contributed by atoms with Crippen molar-refractivity contribution in [1.29, 1.82) is 0 Å². The third-order valence-electron chi connectivity index (χ3n) is 4.00. The zero-order valence-corrected chi connectivity index (χ0v) is 12.0. The smallest absolute Gasteiger partial charge is 0.0144 e. The summed E-state index contributed by atoms with van der Waals surface area (Å²) in [5.74, 6) is 1.84. The van der Waals surface area contributed by atoms with E-state index in [4.69, 9.17) is 0 Å². The normalized spacial score (nSPS) is 29.1. The Labute approximate surface area is 102 Å². The van der Waals surface area contributed by atoms with Crippen molar-refractivity contribution in [3.63, 3.8) is 0 Å². The average molecular weight is 225 g/mol. The minimum atomic E-state index is 0.400. The standard InChI is InChI=1S/C15H31N/c1-6-10-16-14(15(3,4)5)13-9-7-8-12(2)11-13/h12-14,16H,6-11H2,1-5H3. The summed E-state index contributed by atoms with van der Waals surface area (Å²) in [6, 6.07) is 0.704. The van der Waals surface area contributed by atoms with Gasteiger partial charge in [0.25, 0.3) is 0 Å². The fourth-order valence-corrected chi connectivity index (χ4v) is 3.26. The monoisotopic (exact) mass is 225 g/mol. The molecule has 1 heteroatoms. The highest BCUT2D eigenvalue weighted by Crippen LogP contribution is 2.36. The van der Waals surface area contributed by atoms with Gasteiger partial charge in [0.2, 0.25) is 0 Å². The van der Waals surface area contributed by atoms with E-state index in [-0.39, 0.29) is 0 Å². The molecule has 0 saturated heterocycles. The molecule has 0 amide bonds. The van der Waals surface area contributed by atoms with E-state index in [1.54, 1.807) is 0 Å². The molecule has 3 atom stereocenters. The maximum Gasteiger partial charge on any atom is 0.0144 e. The van der Waals surface area contributed by atoms with Crippen molar-refractivity contribution in [2.45, 2.75) is 72.8 Å². The Hall–Kier alpha value is -0.0400. The molecule has 1 rings (SSSR count).